The summed E-state index contributed by atoms with van der Waals surface area (Å²) in [5.41, 5.74) is 0.873. The van der Waals surface area contributed by atoms with Gasteiger partial charge in [-0.05, 0) is 70.4 Å². The van der Waals surface area contributed by atoms with Gasteiger partial charge in [0.2, 0.25) is 0 Å². The van der Waals surface area contributed by atoms with Gasteiger partial charge in [0.15, 0.2) is 11.5 Å². The second kappa shape index (κ2) is 12.3. The number of carbonyl (C=O) groups is 1. The highest BCUT2D eigenvalue weighted by atomic mass is 79.9. The van der Waals surface area contributed by atoms with Crippen LogP contribution in [0.3, 0.4) is 0 Å². The summed E-state index contributed by atoms with van der Waals surface area (Å²) in [5, 5.41) is 33.8. The van der Waals surface area contributed by atoms with Crippen LogP contribution < -0.4 is 14.8 Å². The van der Waals surface area contributed by atoms with Crippen LogP contribution in [0.5, 0.6) is 11.5 Å². The molecule has 0 saturated carbocycles. The van der Waals surface area contributed by atoms with E-state index in [9.17, 15) is 30.3 Å². The van der Waals surface area contributed by atoms with Crippen molar-refractivity contribution in [3.05, 3.63) is 102 Å². The van der Waals surface area contributed by atoms with E-state index in [1.165, 1.54) is 42.5 Å². The van der Waals surface area contributed by atoms with Gasteiger partial charge in [0.05, 0.1) is 20.9 Å². The summed E-state index contributed by atoms with van der Waals surface area (Å²) in [6, 6.07) is 16.4. The van der Waals surface area contributed by atoms with Crippen molar-refractivity contribution in [2.75, 3.05) is 11.9 Å². The molecule has 0 radical (unpaired) electrons. The summed E-state index contributed by atoms with van der Waals surface area (Å²) in [5.74, 6) is -0.0195. The molecule has 0 bridgehead atoms. The Morgan fingerprint density at radius 2 is 1.76 bits per heavy atom. The van der Waals surface area contributed by atoms with E-state index in [0.29, 0.717) is 33.7 Å². The number of anilines is 1. The summed E-state index contributed by atoms with van der Waals surface area (Å²) < 4.78 is 12.1. The molecule has 37 heavy (non-hydrogen) atoms. The average Bonchev–Trinajstić information content (AvgIpc) is 2.87. The minimum Gasteiger partial charge on any atom is -0.490 e. The zero-order valence-electron chi connectivity index (χ0n) is 19.3. The molecule has 1 N–H and O–H groups in total. The van der Waals surface area contributed by atoms with E-state index in [0.717, 1.165) is 0 Å². The van der Waals surface area contributed by atoms with Crippen molar-refractivity contribution in [3.63, 3.8) is 0 Å². The molecular weight excluding hydrogens is 548 g/mol. The lowest BCUT2D eigenvalue weighted by Gasteiger charge is -2.15. The van der Waals surface area contributed by atoms with Gasteiger partial charge < -0.3 is 14.8 Å². The lowest BCUT2D eigenvalue weighted by molar-refractivity contribution is -0.385. The van der Waals surface area contributed by atoms with Crippen LogP contribution in [0.25, 0.3) is 6.08 Å². The molecule has 0 aromatic heterocycles. The number of rotatable bonds is 10. The topological polar surface area (TPSA) is 158 Å². The second-order valence-electron chi connectivity index (χ2n) is 7.41. The zero-order chi connectivity index (χ0) is 26.9. The Hall–Kier alpha value is -4.76. The molecule has 0 atom stereocenters. The van der Waals surface area contributed by atoms with Crippen LogP contribution in [-0.2, 0) is 11.4 Å². The third-order valence-electron chi connectivity index (χ3n) is 4.85. The van der Waals surface area contributed by atoms with Crippen LogP contribution in [-0.4, -0.2) is 22.4 Å². The fourth-order valence-corrected chi connectivity index (χ4v) is 3.73. The van der Waals surface area contributed by atoms with E-state index in [4.69, 9.17) is 9.47 Å². The van der Waals surface area contributed by atoms with E-state index in [1.54, 1.807) is 31.2 Å². The molecule has 3 aromatic carbocycles. The maximum Gasteiger partial charge on any atom is 0.271 e. The Morgan fingerprint density at radius 3 is 2.38 bits per heavy atom. The molecule has 0 aliphatic heterocycles. The molecule has 3 rings (SSSR count). The Bertz CT molecular complexity index is 1420. The first-order chi connectivity index (χ1) is 17.7. The summed E-state index contributed by atoms with van der Waals surface area (Å²) >= 11 is 3.43. The number of non-ortho nitro benzene ring substituents is 2. The lowest BCUT2D eigenvalue weighted by Crippen LogP contribution is -2.13. The normalized spacial score (nSPS) is 10.8. The van der Waals surface area contributed by atoms with Crippen molar-refractivity contribution < 1.29 is 24.1 Å². The van der Waals surface area contributed by atoms with Gasteiger partial charge in [0, 0.05) is 30.0 Å². The predicted octanol–water partition coefficient (Wildman–Crippen LogP) is 5.79. The molecule has 11 nitrogen and oxygen atoms in total. The third-order valence-corrected chi connectivity index (χ3v) is 5.44. The zero-order valence-corrected chi connectivity index (χ0v) is 20.9. The Morgan fingerprint density at radius 1 is 1.05 bits per heavy atom. The van der Waals surface area contributed by atoms with Gasteiger partial charge >= 0.3 is 0 Å². The van der Waals surface area contributed by atoms with Gasteiger partial charge in [-0.1, -0.05) is 6.07 Å². The maximum atomic E-state index is 12.6. The highest BCUT2D eigenvalue weighted by molar-refractivity contribution is 9.10. The van der Waals surface area contributed by atoms with Crippen LogP contribution in [0.15, 0.2) is 70.7 Å². The van der Waals surface area contributed by atoms with Gasteiger partial charge in [-0.15, -0.1) is 0 Å². The molecule has 12 heteroatoms. The van der Waals surface area contributed by atoms with E-state index >= 15 is 0 Å². The van der Waals surface area contributed by atoms with Crippen molar-refractivity contribution in [2.24, 2.45) is 0 Å². The van der Waals surface area contributed by atoms with Gasteiger partial charge in [-0.25, -0.2) is 0 Å². The molecule has 1 amide bonds. The Labute approximate surface area is 219 Å². The minimum absolute atomic E-state index is 0.0288. The summed E-state index contributed by atoms with van der Waals surface area (Å²) in [6.07, 6.45) is 1.35. The SMILES string of the molecule is CCOc1cc(/C=C(/C#N)C(=O)Nc2cccc([N+](=O)[O-])c2)cc(Br)c1OCc1ccc([N+](=O)[O-])cc1. The molecule has 0 unspecified atom stereocenters. The number of nitrogens with zero attached hydrogens (tertiary/aromatic N) is 3. The van der Waals surface area contributed by atoms with E-state index < -0.39 is 15.8 Å². The van der Waals surface area contributed by atoms with Crippen molar-refractivity contribution >= 4 is 45.0 Å². The van der Waals surface area contributed by atoms with E-state index in [-0.39, 0.29) is 29.2 Å². The number of nitro benzene ring substituents is 2. The smallest absolute Gasteiger partial charge is 0.271 e. The predicted molar refractivity (Wildman–Crippen MR) is 138 cm³/mol. The van der Waals surface area contributed by atoms with Crippen LogP contribution in [0.1, 0.15) is 18.1 Å². The number of ether oxygens (including phenoxy) is 2. The summed E-state index contributed by atoms with van der Waals surface area (Å²) in [4.78, 5) is 33.4. The van der Waals surface area contributed by atoms with Gasteiger partial charge in [0.25, 0.3) is 17.3 Å². The molecule has 0 aliphatic carbocycles. The first kappa shape index (κ1) is 26.8. The lowest BCUT2D eigenvalue weighted by atomic mass is 10.1. The van der Waals surface area contributed by atoms with Gasteiger partial charge in [-0.2, -0.15) is 5.26 Å². The monoisotopic (exact) mass is 566 g/mol. The summed E-state index contributed by atoms with van der Waals surface area (Å²) in [6.45, 7) is 2.20. The Balaban J connectivity index is 1.82. The second-order valence-corrected chi connectivity index (χ2v) is 8.26. The molecule has 0 fully saturated rings. The molecular formula is C25H19BrN4O7. The van der Waals surface area contributed by atoms with Crippen LogP contribution in [0.4, 0.5) is 17.1 Å². The molecule has 188 valence electrons. The molecule has 3 aromatic rings. The van der Waals surface area contributed by atoms with Crippen LogP contribution in [0, 0.1) is 31.6 Å². The van der Waals surface area contributed by atoms with Crippen molar-refractivity contribution in [3.8, 4) is 17.6 Å². The molecule has 0 saturated heterocycles. The first-order valence-electron chi connectivity index (χ1n) is 10.7. The number of hydrogen-bond donors (Lipinski definition) is 1. The first-order valence-corrected chi connectivity index (χ1v) is 11.5. The van der Waals surface area contributed by atoms with Gasteiger partial charge in [-0.3, -0.25) is 25.0 Å². The number of hydrogen-bond acceptors (Lipinski definition) is 8. The van der Waals surface area contributed by atoms with Crippen molar-refractivity contribution in [2.45, 2.75) is 13.5 Å². The highest BCUT2D eigenvalue weighted by Crippen LogP contribution is 2.38. The molecule has 0 heterocycles. The number of halogens is 1. The number of amides is 1. The van der Waals surface area contributed by atoms with Crippen molar-refractivity contribution in [1.82, 2.24) is 0 Å². The largest absolute Gasteiger partial charge is 0.490 e. The number of carbonyl (C=O) groups excluding carboxylic acids is 1. The highest BCUT2D eigenvalue weighted by Gasteiger charge is 2.16. The molecule has 0 aliphatic rings. The quantitative estimate of drug-likeness (QED) is 0.140. The Kier molecular flexibility index (Phi) is 8.90. The number of nitro groups is 2. The number of nitrogens with one attached hydrogen (secondary N) is 1. The van der Waals surface area contributed by atoms with E-state index in [1.807, 2.05) is 6.07 Å². The fourth-order valence-electron chi connectivity index (χ4n) is 3.15. The minimum atomic E-state index is -0.740. The summed E-state index contributed by atoms with van der Waals surface area (Å²) in [7, 11) is 0. The maximum absolute atomic E-state index is 12.6. The number of benzene rings is 3. The molecule has 0 spiro atoms. The van der Waals surface area contributed by atoms with Crippen molar-refractivity contribution in [1.29, 1.82) is 5.26 Å². The average molecular weight is 567 g/mol. The third kappa shape index (κ3) is 7.12. The number of nitriles is 1. The van der Waals surface area contributed by atoms with Gasteiger partial charge in [0.1, 0.15) is 18.2 Å². The van der Waals surface area contributed by atoms with Crippen LogP contribution >= 0.6 is 15.9 Å². The van der Waals surface area contributed by atoms with Crippen LogP contribution in [0.2, 0.25) is 0 Å². The fraction of sp³-hybridized carbons (Fsp3) is 0.120. The standard InChI is InChI=1S/C25H19BrN4O7/c1-2-36-23-12-17(10-18(14-27)25(31)28-19-4-3-5-21(13-19)30(34)35)11-22(26)24(23)37-15-16-6-8-20(9-7-16)29(32)33/h3-13H,2,15H2,1H3,(H,28,31)/b18-10-. The van der Waals surface area contributed by atoms with E-state index in [2.05, 4.69) is 21.2 Å².